The van der Waals surface area contributed by atoms with E-state index in [9.17, 15) is 4.79 Å². The molecule has 1 heterocycles. The number of nitrogens with zero attached hydrogens (tertiary/aromatic N) is 1. The molecule has 4 heteroatoms. The summed E-state index contributed by atoms with van der Waals surface area (Å²) >= 11 is 3.35. The molecule has 0 radical (unpaired) electrons. The maximum atomic E-state index is 12.3. The first-order valence-corrected chi connectivity index (χ1v) is 7.83. The standard InChI is InChI=1S/C16H17BrN2O/c17-13-8-12(9-18-10-13)16(20)19-15-7-3-5-11-4-1-2-6-14(11)15/h2,6,8-10,15H,1,3-5,7H2,(H,19,20)/t15-/m1/s1. The SMILES string of the molecule is O=C(N[C@@H]1CCCC2=C1C=CCC2)c1cncc(Br)c1. The number of nitrogens with one attached hydrogen (secondary N) is 1. The Hall–Kier alpha value is -1.42. The Bertz CT molecular complexity index is 592. The van der Waals surface area contributed by atoms with Gasteiger partial charge in [0.05, 0.1) is 11.6 Å². The number of pyridine rings is 1. The zero-order valence-electron chi connectivity index (χ0n) is 11.2. The molecule has 3 rings (SSSR count). The molecule has 0 aromatic carbocycles. The highest BCUT2D eigenvalue weighted by Crippen LogP contribution is 2.32. The summed E-state index contributed by atoms with van der Waals surface area (Å²) in [7, 11) is 0. The summed E-state index contributed by atoms with van der Waals surface area (Å²) in [5.41, 5.74) is 3.46. The third-order valence-electron chi connectivity index (χ3n) is 3.94. The van der Waals surface area contributed by atoms with Gasteiger partial charge in [0.1, 0.15) is 0 Å². The highest BCUT2D eigenvalue weighted by atomic mass is 79.9. The van der Waals surface area contributed by atoms with Crippen molar-refractivity contribution in [1.82, 2.24) is 10.3 Å². The van der Waals surface area contributed by atoms with Crippen LogP contribution in [0.5, 0.6) is 0 Å². The van der Waals surface area contributed by atoms with Crippen LogP contribution in [0.4, 0.5) is 0 Å². The number of allylic oxidation sites excluding steroid dienone is 2. The maximum absolute atomic E-state index is 12.3. The first-order valence-electron chi connectivity index (χ1n) is 7.04. The average Bonchev–Trinajstić information content (AvgIpc) is 2.47. The lowest BCUT2D eigenvalue weighted by Gasteiger charge is -2.29. The molecule has 1 aromatic heterocycles. The van der Waals surface area contributed by atoms with Gasteiger partial charge in [0.25, 0.3) is 5.91 Å². The van der Waals surface area contributed by atoms with E-state index in [4.69, 9.17) is 0 Å². The Kier molecular flexibility index (Phi) is 4.01. The van der Waals surface area contributed by atoms with E-state index in [-0.39, 0.29) is 11.9 Å². The minimum atomic E-state index is -0.0449. The van der Waals surface area contributed by atoms with Crippen molar-refractivity contribution in [3.05, 3.63) is 51.8 Å². The van der Waals surface area contributed by atoms with Crippen LogP contribution in [0.15, 0.2) is 46.2 Å². The predicted molar refractivity (Wildman–Crippen MR) is 82.4 cm³/mol. The van der Waals surface area contributed by atoms with E-state index < -0.39 is 0 Å². The van der Waals surface area contributed by atoms with E-state index in [2.05, 4.69) is 38.4 Å². The number of hydrogen-bond acceptors (Lipinski definition) is 2. The summed E-state index contributed by atoms with van der Waals surface area (Å²) in [4.78, 5) is 16.4. The van der Waals surface area contributed by atoms with Gasteiger partial charge in [-0.2, -0.15) is 0 Å². The van der Waals surface area contributed by atoms with Crippen molar-refractivity contribution in [3.63, 3.8) is 0 Å². The van der Waals surface area contributed by atoms with Gasteiger partial charge in [-0.3, -0.25) is 9.78 Å². The van der Waals surface area contributed by atoms with Gasteiger partial charge in [0.2, 0.25) is 0 Å². The second-order valence-electron chi connectivity index (χ2n) is 5.31. The van der Waals surface area contributed by atoms with Crippen LogP contribution in [0.1, 0.15) is 42.5 Å². The number of amides is 1. The quantitative estimate of drug-likeness (QED) is 0.895. The van der Waals surface area contributed by atoms with E-state index in [0.29, 0.717) is 5.56 Å². The van der Waals surface area contributed by atoms with Gasteiger partial charge in [-0.25, -0.2) is 0 Å². The fourth-order valence-electron chi connectivity index (χ4n) is 2.96. The molecular weight excluding hydrogens is 316 g/mol. The highest BCUT2D eigenvalue weighted by molar-refractivity contribution is 9.10. The van der Waals surface area contributed by atoms with Gasteiger partial charge in [0, 0.05) is 16.9 Å². The van der Waals surface area contributed by atoms with Gasteiger partial charge >= 0.3 is 0 Å². The largest absolute Gasteiger partial charge is 0.345 e. The zero-order valence-corrected chi connectivity index (χ0v) is 12.8. The van der Waals surface area contributed by atoms with Crippen LogP contribution in [0.3, 0.4) is 0 Å². The number of aromatic nitrogens is 1. The van der Waals surface area contributed by atoms with E-state index in [1.165, 1.54) is 17.6 Å². The summed E-state index contributed by atoms with van der Waals surface area (Å²) in [5, 5.41) is 3.15. The number of hydrogen-bond donors (Lipinski definition) is 1. The summed E-state index contributed by atoms with van der Waals surface area (Å²) in [6.07, 6.45) is 13.4. The van der Waals surface area contributed by atoms with E-state index in [0.717, 1.165) is 30.2 Å². The Morgan fingerprint density at radius 3 is 3.10 bits per heavy atom. The Labute approximate surface area is 127 Å². The molecule has 1 N–H and O–H groups in total. The molecule has 0 saturated heterocycles. The van der Waals surface area contributed by atoms with Crippen molar-refractivity contribution in [2.75, 3.05) is 0 Å². The number of carbonyl (C=O) groups excluding carboxylic acids is 1. The highest BCUT2D eigenvalue weighted by Gasteiger charge is 2.24. The first-order chi connectivity index (χ1) is 9.74. The molecule has 2 aliphatic carbocycles. The minimum Gasteiger partial charge on any atom is -0.345 e. The van der Waals surface area contributed by atoms with E-state index >= 15 is 0 Å². The van der Waals surface area contributed by atoms with Crippen molar-refractivity contribution >= 4 is 21.8 Å². The molecule has 1 aromatic rings. The summed E-state index contributed by atoms with van der Waals surface area (Å²) < 4.78 is 0.825. The monoisotopic (exact) mass is 332 g/mol. The first kappa shape index (κ1) is 13.6. The molecule has 0 fully saturated rings. The van der Waals surface area contributed by atoms with Crippen molar-refractivity contribution < 1.29 is 4.79 Å². The fraction of sp³-hybridized carbons (Fsp3) is 0.375. The van der Waals surface area contributed by atoms with Gasteiger partial charge in [0.15, 0.2) is 0 Å². The molecule has 0 spiro atoms. The summed E-state index contributed by atoms with van der Waals surface area (Å²) in [5.74, 6) is -0.0449. The van der Waals surface area contributed by atoms with Gasteiger partial charge in [-0.1, -0.05) is 17.7 Å². The minimum absolute atomic E-state index is 0.0449. The fourth-order valence-corrected chi connectivity index (χ4v) is 3.33. The molecule has 20 heavy (non-hydrogen) atoms. The molecule has 0 unspecified atom stereocenters. The van der Waals surface area contributed by atoms with Crippen molar-refractivity contribution in [3.8, 4) is 0 Å². The third-order valence-corrected chi connectivity index (χ3v) is 4.37. The van der Waals surface area contributed by atoms with E-state index in [1.54, 1.807) is 18.5 Å². The van der Waals surface area contributed by atoms with Crippen LogP contribution in [-0.4, -0.2) is 16.9 Å². The van der Waals surface area contributed by atoms with Crippen LogP contribution in [0.25, 0.3) is 0 Å². The maximum Gasteiger partial charge on any atom is 0.253 e. The molecule has 1 amide bonds. The van der Waals surface area contributed by atoms with Gasteiger partial charge in [-0.05, 0) is 59.7 Å². The Morgan fingerprint density at radius 1 is 1.35 bits per heavy atom. The van der Waals surface area contributed by atoms with Gasteiger partial charge < -0.3 is 5.32 Å². The second-order valence-corrected chi connectivity index (χ2v) is 6.23. The van der Waals surface area contributed by atoms with E-state index in [1.807, 2.05) is 0 Å². The zero-order chi connectivity index (χ0) is 13.9. The molecule has 2 aliphatic rings. The smallest absolute Gasteiger partial charge is 0.253 e. The molecule has 104 valence electrons. The van der Waals surface area contributed by atoms with Crippen molar-refractivity contribution in [1.29, 1.82) is 0 Å². The number of halogens is 1. The average molecular weight is 333 g/mol. The van der Waals surface area contributed by atoms with Crippen LogP contribution in [0, 0.1) is 0 Å². The van der Waals surface area contributed by atoms with Crippen LogP contribution in [0.2, 0.25) is 0 Å². The lowest BCUT2D eigenvalue weighted by molar-refractivity contribution is 0.0939. The van der Waals surface area contributed by atoms with Crippen molar-refractivity contribution in [2.45, 2.75) is 38.1 Å². The molecule has 0 bridgehead atoms. The topological polar surface area (TPSA) is 42.0 Å². The second kappa shape index (κ2) is 5.92. The van der Waals surface area contributed by atoms with Crippen LogP contribution in [-0.2, 0) is 0 Å². The van der Waals surface area contributed by atoms with Crippen LogP contribution >= 0.6 is 15.9 Å². The number of carbonyl (C=O) groups is 1. The Balaban J connectivity index is 1.77. The predicted octanol–water partition coefficient (Wildman–Crippen LogP) is 3.77. The molecular formula is C16H17BrN2O. The molecule has 0 saturated carbocycles. The van der Waals surface area contributed by atoms with Gasteiger partial charge in [-0.15, -0.1) is 0 Å². The summed E-state index contributed by atoms with van der Waals surface area (Å²) in [6.45, 7) is 0. The normalized spacial score (nSPS) is 21.6. The molecule has 3 nitrogen and oxygen atoms in total. The Morgan fingerprint density at radius 2 is 2.25 bits per heavy atom. The van der Waals surface area contributed by atoms with Crippen LogP contribution < -0.4 is 5.32 Å². The lowest BCUT2D eigenvalue weighted by Crippen LogP contribution is -2.38. The molecule has 0 aliphatic heterocycles. The molecule has 1 atom stereocenters. The lowest BCUT2D eigenvalue weighted by atomic mass is 9.82. The third kappa shape index (κ3) is 2.85. The number of rotatable bonds is 2. The van der Waals surface area contributed by atoms with Crippen molar-refractivity contribution in [2.24, 2.45) is 0 Å². The summed E-state index contributed by atoms with van der Waals surface area (Å²) in [6, 6.07) is 1.96.